The molecule has 0 radical (unpaired) electrons. The molecule has 1 unspecified atom stereocenters. The van der Waals surface area contributed by atoms with Crippen molar-refractivity contribution in [1.29, 1.82) is 0 Å². The van der Waals surface area contributed by atoms with Crippen LogP contribution in [0.4, 0.5) is 5.82 Å². The molecular formula is C11H17N3S. The van der Waals surface area contributed by atoms with E-state index in [-0.39, 0.29) is 0 Å². The SMILES string of the molecule is CCC(C)CNc1cccc(C(N)=S)n1. The minimum Gasteiger partial charge on any atom is -0.388 e. The largest absolute Gasteiger partial charge is 0.388 e. The molecule has 0 aliphatic heterocycles. The second-order valence-electron chi connectivity index (χ2n) is 3.67. The highest BCUT2D eigenvalue weighted by Gasteiger charge is 2.01. The summed E-state index contributed by atoms with van der Waals surface area (Å²) >= 11 is 4.87. The first-order valence-electron chi connectivity index (χ1n) is 5.14. The molecule has 0 fully saturated rings. The molecule has 1 heterocycles. The van der Waals surface area contributed by atoms with Crippen molar-refractivity contribution in [3.8, 4) is 0 Å². The Kier molecular flexibility index (Phi) is 4.49. The van der Waals surface area contributed by atoms with Gasteiger partial charge < -0.3 is 11.1 Å². The summed E-state index contributed by atoms with van der Waals surface area (Å²) in [7, 11) is 0. The number of rotatable bonds is 5. The smallest absolute Gasteiger partial charge is 0.126 e. The predicted octanol–water partition coefficient (Wildman–Crippen LogP) is 2.17. The second kappa shape index (κ2) is 5.66. The fourth-order valence-corrected chi connectivity index (χ4v) is 1.21. The molecule has 3 N–H and O–H groups in total. The van der Waals surface area contributed by atoms with E-state index in [0.29, 0.717) is 16.6 Å². The van der Waals surface area contributed by atoms with Gasteiger partial charge in [-0.05, 0) is 18.1 Å². The molecule has 0 aliphatic carbocycles. The maximum absolute atomic E-state index is 5.51. The van der Waals surface area contributed by atoms with Gasteiger partial charge in [0.25, 0.3) is 0 Å². The molecule has 15 heavy (non-hydrogen) atoms. The first-order chi connectivity index (χ1) is 7.13. The van der Waals surface area contributed by atoms with Crippen molar-refractivity contribution in [2.24, 2.45) is 11.7 Å². The topological polar surface area (TPSA) is 50.9 Å². The molecule has 0 aliphatic rings. The molecule has 82 valence electrons. The van der Waals surface area contributed by atoms with Gasteiger partial charge in [-0.1, -0.05) is 38.6 Å². The molecule has 0 bridgehead atoms. The fraction of sp³-hybridized carbons (Fsp3) is 0.455. The van der Waals surface area contributed by atoms with Crippen LogP contribution >= 0.6 is 12.2 Å². The Morgan fingerprint density at radius 3 is 2.93 bits per heavy atom. The van der Waals surface area contributed by atoms with Gasteiger partial charge in [0.05, 0.1) is 5.69 Å². The standard InChI is InChI=1S/C11H17N3S/c1-3-8(2)7-13-10-6-4-5-9(14-10)11(12)15/h4-6,8H,3,7H2,1-2H3,(H2,12,15)(H,13,14). The summed E-state index contributed by atoms with van der Waals surface area (Å²) in [6.07, 6.45) is 1.15. The van der Waals surface area contributed by atoms with E-state index in [1.54, 1.807) is 0 Å². The van der Waals surface area contributed by atoms with E-state index >= 15 is 0 Å². The Balaban J connectivity index is 2.62. The zero-order valence-electron chi connectivity index (χ0n) is 9.16. The van der Waals surface area contributed by atoms with Gasteiger partial charge in [-0.3, -0.25) is 0 Å². The van der Waals surface area contributed by atoms with Gasteiger partial charge in [0, 0.05) is 6.54 Å². The van der Waals surface area contributed by atoms with Crippen molar-refractivity contribution in [2.45, 2.75) is 20.3 Å². The zero-order chi connectivity index (χ0) is 11.3. The molecule has 0 saturated carbocycles. The molecule has 4 heteroatoms. The summed E-state index contributed by atoms with van der Waals surface area (Å²) < 4.78 is 0. The number of hydrogen-bond acceptors (Lipinski definition) is 3. The Morgan fingerprint density at radius 2 is 2.33 bits per heavy atom. The lowest BCUT2D eigenvalue weighted by Gasteiger charge is -2.11. The summed E-state index contributed by atoms with van der Waals surface area (Å²) in [6, 6.07) is 5.64. The average Bonchev–Trinajstić information content (AvgIpc) is 2.26. The van der Waals surface area contributed by atoms with E-state index in [4.69, 9.17) is 18.0 Å². The summed E-state index contributed by atoms with van der Waals surface area (Å²) in [6.45, 7) is 5.29. The minimum absolute atomic E-state index is 0.335. The molecule has 0 aromatic carbocycles. The van der Waals surface area contributed by atoms with Crippen LogP contribution in [0, 0.1) is 5.92 Å². The summed E-state index contributed by atoms with van der Waals surface area (Å²) in [4.78, 5) is 4.64. The highest BCUT2D eigenvalue weighted by molar-refractivity contribution is 7.80. The number of nitrogens with zero attached hydrogens (tertiary/aromatic N) is 1. The first-order valence-corrected chi connectivity index (χ1v) is 5.55. The fourth-order valence-electron chi connectivity index (χ4n) is 1.09. The first kappa shape index (κ1) is 11.9. The van der Waals surface area contributed by atoms with Crippen LogP contribution in [0.25, 0.3) is 0 Å². The van der Waals surface area contributed by atoms with Gasteiger partial charge in [0.2, 0.25) is 0 Å². The third kappa shape index (κ3) is 3.83. The molecule has 1 atom stereocenters. The highest BCUT2D eigenvalue weighted by atomic mass is 32.1. The molecule has 0 saturated heterocycles. The molecule has 1 aromatic rings. The molecule has 0 amide bonds. The van der Waals surface area contributed by atoms with E-state index < -0.39 is 0 Å². The monoisotopic (exact) mass is 223 g/mol. The zero-order valence-corrected chi connectivity index (χ0v) is 9.97. The van der Waals surface area contributed by atoms with Gasteiger partial charge in [-0.25, -0.2) is 4.98 Å². The van der Waals surface area contributed by atoms with E-state index in [1.165, 1.54) is 0 Å². The molecular weight excluding hydrogens is 206 g/mol. The number of aromatic nitrogens is 1. The number of nitrogens with two attached hydrogens (primary N) is 1. The van der Waals surface area contributed by atoms with Crippen molar-refractivity contribution in [2.75, 3.05) is 11.9 Å². The number of hydrogen-bond donors (Lipinski definition) is 2. The van der Waals surface area contributed by atoms with Crippen molar-refractivity contribution < 1.29 is 0 Å². The van der Waals surface area contributed by atoms with Crippen LogP contribution in [0.5, 0.6) is 0 Å². The van der Waals surface area contributed by atoms with Gasteiger partial charge in [0.15, 0.2) is 0 Å². The third-order valence-corrected chi connectivity index (χ3v) is 2.54. The lowest BCUT2D eigenvalue weighted by Crippen LogP contribution is -2.15. The van der Waals surface area contributed by atoms with Crippen LogP contribution in [0.1, 0.15) is 26.0 Å². The van der Waals surface area contributed by atoms with Crippen LogP contribution in [0.2, 0.25) is 0 Å². The van der Waals surface area contributed by atoms with Gasteiger partial charge >= 0.3 is 0 Å². The second-order valence-corrected chi connectivity index (χ2v) is 4.11. The third-order valence-electron chi connectivity index (χ3n) is 2.33. The van der Waals surface area contributed by atoms with Crippen molar-refractivity contribution in [3.63, 3.8) is 0 Å². The Hall–Kier alpha value is -1.16. The summed E-state index contributed by atoms with van der Waals surface area (Å²) in [5, 5.41) is 3.26. The van der Waals surface area contributed by atoms with Gasteiger partial charge in [-0.2, -0.15) is 0 Å². The molecule has 1 aromatic heterocycles. The van der Waals surface area contributed by atoms with E-state index in [2.05, 4.69) is 24.1 Å². The number of anilines is 1. The molecule has 1 rings (SSSR count). The Morgan fingerprint density at radius 1 is 1.60 bits per heavy atom. The van der Waals surface area contributed by atoms with Crippen LogP contribution in [0.3, 0.4) is 0 Å². The van der Waals surface area contributed by atoms with Crippen molar-refractivity contribution in [3.05, 3.63) is 23.9 Å². The van der Waals surface area contributed by atoms with Crippen LogP contribution in [0.15, 0.2) is 18.2 Å². The van der Waals surface area contributed by atoms with E-state index in [1.807, 2.05) is 18.2 Å². The Bertz CT molecular complexity index is 338. The van der Waals surface area contributed by atoms with E-state index in [0.717, 1.165) is 18.8 Å². The lowest BCUT2D eigenvalue weighted by atomic mass is 10.1. The number of pyridine rings is 1. The summed E-state index contributed by atoms with van der Waals surface area (Å²) in [5.41, 5.74) is 6.17. The Labute approximate surface area is 96.1 Å². The van der Waals surface area contributed by atoms with Crippen LogP contribution in [-0.4, -0.2) is 16.5 Å². The number of thiocarbonyl (C=S) groups is 1. The summed E-state index contributed by atoms with van der Waals surface area (Å²) in [5.74, 6) is 1.47. The van der Waals surface area contributed by atoms with Crippen LogP contribution in [-0.2, 0) is 0 Å². The lowest BCUT2D eigenvalue weighted by molar-refractivity contribution is 0.592. The number of nitrogens with one attached hydrogen (secondary N) is 1. The quantitative estimate of drug-likeness (QED) is 0.751. The highest BCUT2D eigenvalue weighted by Crippen LogP contribution is 2.07. The van der Waals surface area contributed by atoms with Gasteiger partial charge in [0.1, 0.15) is 10.8 Å². The normalized spacial score (nSPS) is 12.1. The van der Waals surface area contributed by atoms with Crippen molar-refractivity contribution in [1.82, 2.24) is 4.98 Å². The average molecular weight is 223 g/mol. The van der Waals surface area contributed by atoms with Gasteiger partial charge in [-0.15, -0.1) is 0 Å². The van der Waals surface area contributed by atoms with Crippen molar-refractivity contribution >= 4 is 23.0 Å². The molecule has 3 nitrogen and oxygen atoms in total. The maximum atomic E-state index is 5.51. The minimum atomic E-state index is 0.335. The molecule has 0 spiro atoms. The van der Waals surface area contributed by atoms with E-state index in [9.17, 15) is 0 Å². The van der Waals surface area contributed by atoms with Crippen LogP contribution < -0.4 is 11.1 Å². The predicted molar refractivity (Wildman–Crippen MR) is 68.1 cm³/mol. The maximum Gasteiger partial charge on any atom is 0.126 e.